The van der Waals surface area contributed by atoms with Crippen LogP contribution in [0.1, 0.15) is 29.1 Å². The Bertz CT molecular complexity index is 1050. The number of rotatable bonds is 4. The van der Waals surface area contributed by atoms with Crippen molar-refractivity contribution in [3.63, 3.8) is 0 Å². The number of imidazole rings is 1. The van der Waals surface area contributed by atoms with Crippen molar-refractivity contribution in [1.82, 2.24) is 35.1 Å². The molecule has 8 nitrogen and oxygen atoms in total. The van der Waals surface area contributed by atoms with E-state index in [4.69, 9.17) is 0 Å². The SMILES string of the molecule is CC(NC(=O)c1ccc(-n2cnnn2)cc1)c1nc2ccccc2n1C. The molecule has 4 rings (SSSR count). The smallest absolute Gasteiger partial charge is 0.251 e. The summed E-state index contributed by atoms with van der Waals surface area (Å²) in [4.78, 5) is 17.2. The molecule has 130 valence electrons. The first-order valence-corrected chi connectivity index (χ1v) is 8.19. The molecule has 1 N–H and O–H groups in total. The van der Waals surface area contributed by atoms with Gasteiger partial charge in [0.15, 0.2) is 0 Å². The zero-order valence-electron chi connectivity index (χ0n) is 14.4. The van der Waals surface area contributed by atoms with Crippen LogP contribution in [0.2, 0.25) is 0 Å². The van der Waals surface area contributed by atoms with Gasteiger partial charge in [-0.15, -0.1) is 5.10 Å². The molecule has 0 aliphatic heterocycles. The van der Waals surface area contributed by atoms with E-state index in [0.29, 0.717) is 5.56 Å². The lowest BCUT2D eigenvalue weighted by Crippen LogP contribution is -2.28. The van der Waals surface area contributed by atoms with E-state index < -0.39 is 0 Å². The minimum atomic E-state index is -0.223. The van der Waals surface area contributed by atoms with E-state index in [2.05, 4.69) is 25.8 Å². The van der Waals surface area contributed by atoms with Crippen LogP contribution in [0.15, 0.2) is 54.9 Å². The van der Waals surface area contributed by atoms with Gasteiger partial charge in [0.05, 0.1) is 22.8 Å². The molecule has 2 aromatic heterocycles. The van der Waals surface area contributed by atoms with E-state index in [1.165, 1.54) is 11.0 Å². The minimum Gasteiger partial charge on any atom is -0.342 e. The van der Waals surface area contributed by atoms with Gasteiger partial charge in [0.2, 0.25) is 0 Å². The average Bonchev–Trinajstić information content (AvgIpc) is 3.31. The van der Waals surface area contributed by atoms with Gasteiger partial charge in [0, 0.05) is 12.6 Å². The summed E-state index contributed by atoms with van der Waals surface area (Å²) >= 11 is 0. The summed E-state index contributed by atoms with van der Waals surface area (Å²) < 4.78 is 3.53. The van der Waals surface area contributed by atoms with Crippen LogP contribution in [-0.2, 0) is 7.05 Å². The fraction of sp³-hybridized carbons (Fsp3) is 0.167. The fourth-order valence-electron chi connectivity index (χ4n) is 2.94. The van der Waals surface area contributed by atoms with Crippen molar-refractivity contribution < 1.29 is 4.79 Å². The number of fused-ring (bicyclic) bond motifs is 1. The van der Waals surface area contributed by atoms with Crippen LogP contribution in [0.3, 0.4) is 0 Å². The predicted octanol–water partition coefficient (Wildman–Crippen LogP) is 2.04. The number of hydrogen-bond acceptors (Lipinski definition) is 5. The Morgan fingerprint density at radius 3 is 2.58 bits per heavy atom. The second kappa shape index (κ2) is 6.40. The number of amides is 1. The lowest BCUT2D eigenvalue weighted by Gasteiger charge is -2.14. The van der Waals surface area contributed by atoms with Crippen LogP contribution < -0.4 is 5.32 Å². The van der Waals surface area contributed by atoms with E-state index in [1.54, 1.807) is 24.3 Å². The molecule has 0 aliphatic carbocycles. The second-order valence-corrected chi connectivity index (χ2v) is 6.01. The molecular weight excluding hydrogens is 330 g/mol. The number of hydrogen-bond donors (Lipinski definition) is 1. The van der Waals surface area contributed by atoms with Gasteiger partial charge in [-0.3, -0.25) is 4.79 Å². The van der Waals surface area contributed by atoms with E-state index in [-0.39, 0.29) is 11.9 Å². The molecule has 1 unspecified atom stereocenters. The molecule has 0 saturated heterocycles. The number of para-hydroxylation sites is 2. The van der Waals surface area contributed by atoms with E-state index in [1.807, 2.05) is 42.8 Å². The standard InChI is InChI=1S/C18H17N7O/c1-12(17-21-15-5-3-4-6-16(15)24(17)2)20-18(26)13-7-9-14(10-8-13)25-11-19-22-23-25/h3-12H,1-2H3,(H,20,26). The Morgan fingerprint density at radius 2 is 1.88 bits per heavy atom. The number of carbonyl (C=O) groups is 1. The molecule has 0 spiro atoms. The van der Waals surface area contributed by atoms with Crippen LogP contribution in [-0.4, -0.2) is 35.7 Å². The molecule has 8 heteroatoms. The van der Waals surface area contributed by atoms with Crippen LogP contribution in [0.4, 0.5) is 0 Å². The fourth-order valence-corrected chi connectivity index (χ4v) is 2.94. The van der Waals surface area contributed by atoms with E-state index in [9.17, 15) is 4.79 Å². The highest BCUT2D eigenvalue weighted by atomic mass is 16.1. The van der Waals surface area contributed by atoms with Crippen molar-refractivity contribution >= 4 is 16.9 Å². The Kier molecular flexibility index (Phi) is 3.92. The number of benzene rings is 2. The molecule has 26 heavy (non-hydrogen) atoms. The first kappa shape index (κ1) is 15.9. The van der Waals surface area contributed by atoms with Crippen LogP contribution >= 0.6 is 0 Å². The number of carbonyl (C=O) groups excluding carboxylic acids is 1. The molecule has 0 bridgehead atoms. The molecule has 1 amide bonds. The van der Waals surface area contributed by atoms with Gasteiger partial charge in [-0.25, -0.2) is 9.67 Å². The zero-order valence-corrected chi connectivity index (χ0v) is 14.4. The Morgan fingerprint density at radius 1 is 1.12 bits per heavy atom. The summed E-state index contributed by atoms with van der Waals surface area (Å²) in [6.07, 6.45) is 1.50. The number of tetrazole rings is 1. The second-order valence-electron chi connectivity index (χ2n) is 6.01. The first-order valence-electron chi connectivity index (χ1n) is 8.19. The van der Waals surface area contributed by atoms with Gasteiger partial charge in [-0.05, 0) is 53.7 Å². The molecule has 2 heterocycles. The minimum absolute atomic E-state index is 0.159. The van der Waals surface area contributed by atoms with Gasteiger partial charge in [0.1, 0.15) is 12.2 Å². The molecule has 0 radical (unpaired) electrons. The Balaban J connectivity index is 1.52. The number of aryl methyl sites for hydroxylation is 1. The van der Waals surface area contributed by atoms with Gasteiger partial charge in [0.25, 0.3) is 5.91 Å². The van der Waals surface area contributed by atoms with Crippen LogP contribution in [0.5, 0.6) is 0 Å². The maximum Gasteiger partial charge on any atom is 0.251 e. The van der Waals surface area contributed by atoms with Gasteiger partial charge < -0.3 is 9.88 Å². The summed E-state index contributed by atoms with van der Waals surface area (Å²) in [6.45, 7) is 1.93. The molecule has 0 aliphatic rings. The third-order valence-corrected chi connectivity index (χ3v) is 4.30. The van der Waals surface area contributed by atoms with Gasteiger partial charge in [-0.1, -0.05) is 12.1 Å². The summed E-state index contributed by atoms with van der Waals surface area (Å²) in [5, 5.41) is 14.0. The number of nitrogens with zero attached hydrogens (tertiary/aromatic N) is 6. The highest BCUT2D eigenvalue weighted by molar-refractivity contribution is 5.94. The van der Waals surface area contributed by atoms with E-state index >= 15 is 0 Å². The Labute approximate surface area is 149 Å². The average molecular weight is 347 g/mol. The van der Waals surface area contributed by atoms with Crippen LogP contribution in [0, 0.1) is 0 Å². The molecule has 0 saturated carbocycles. The normalized spacial score (nSPS) is 12.2. The van der Waals surface area contributed by atoms with Crippen molar-refractivity contribution in [3.8, 4) is 5.69 Å². The highest BCUT2D eigenvalue weighted by Crippen LogP contribution is 2.19. The lowest BCUT2D eigenvalue weighted by atomic mass is 10.2. The first-order chi connectivity index (χ1) is 12.6. The largest absolute Gasteiger partial charge is 0.342 e. The third kappa shape index (κ3) is 2.81. The summed E-state index contributed by atoms with van der Waals surface area (Å²) in [7, 11) is 1.95. The topological polar surface area (TPSA) is 90.5 Å². The zero-order chi connectivity index (χ0) is 18.1. The maximum atomic E-state index is 12.6. The summed E-state index contributed by atoms with van der Waals surface area (Å²) in [5.41, 5.74) is 3.30. The Hall–Kier alpha value is -3.55. The molecular formula is C18H17N7O. The molecule has 4 aromatic rings. The summed E-state index contributed by atoms with van der Waals surface area (Å²) in [6, 6.07) is 14.8. The molecule has 2 aromatic carbocycles. The van der Waals surface area contributed by atoms with Crippen molar-refractivity contribution in [2.45, 2.75) is 13.0 Å². The predicted molar refractivity (Wildman–Crippen MR) is 95.7 cm³/mol. The number of aromatic nitrogens is 6. The molecule has 0 fully saturated rings. The van der Waals surface area contributed by atoms with Crippen molar-refractivity contribution in [2.75, 3.05) is 0 Å². The van der Waals surface area contributed by atoms with Crippen molar-refractivity contribution in [3.05, 3.63) is 66.2 Å². The summed E-state index contributed by atoms with van der Waals surface area (Å²) in [5.74, 6) is 0.651. The quantitative estimate of drug-likeness (QED) is 0.610. The van der Waals surface area contributed by atoms with Crippen molar-refractivity contribution in [1.29, 1.82) is 0 Å². The van der Waals surface area contributed by atoms with Gasteiger partial charge >= 0.3 is 0 Å². The monoisotopic (exact) mass is 347 g/mol. The van der Waals surface area contributed by atoms with Crippen molar-refractivity contribution in [2.24, 2.45) is 7.05 Å². The lowest BCUT2D eigenvalue weighted by molar-refractivity contribution is 0.0938. The number of nitrogens with one attached hydrogen (secondary N) is 1. The van der Waals surface area contributed by atoms with Crippen LogP contribution in [0.25, 0.3) is 16.7 Å². The highest BCUT2D eigenvalue weighted by Gasteiger charge is 2.17. The molecule has 1 atom stereocenters. The third-order valence-electron chi connectivity index (χ3n) is 4.30. The van der Waals surface area contributed by atoms with Gasteiger partial charge in [-0.2, -0.15) is 0 Å². The van der Waals surface area contributed by atoms with E-state index in [0.717, 1.165) is 22.5 Å². The maximum absolute atomic E-state index is 12.6.